The van der Waals surface area contributed by atoms with Gasteiger partial charge in [0.2, 0.25) is 0 Å². The van der Waals surface area contributed by atoms with Gasteiger partial charge in [-0.15, -0.1) is 0 Å². The molecule has 2 aromatic rings. The van der Waals surface area contributed by atoms with Crippen molar-refractivity contribution in [3.05, 3.63) is 52.0 Å². The van der Waals surface area contributed by atoms with E-state index >= 15 is 0 Å². The van der Waals surface area contributed by atoms with Gasteiger partial charge in [-0.2, -0.15) is 13.2 Å². The number of rotatable bonds is 5. The van der Waals surface area contributed by atoms with Crippen LogP contribution in [0.4, 0.5) is 18.9 Å². The van der Waals surface area contributed by atoms with Crippen molar-refractivity contribution in [1.82, 2.24) is 0 Å². The van der Waals surface area contributed by atoms with Crippen LogP contribution in [0.25, 0.3) is 0 Å². The fourth-order valence-corrected chi connectivity index (χ4v) is 4.39. The first kappa shape index (κ1) is 20.7. The maximum Gasteiger partial charge on any atom is 0.416 e. The minimum Gasteiger partial charge on any atom is -0.495 e. The van der Waals surface area contributed by atoms with Crippen LogP contribution in [0.1, 0.15) is 12.5 Å². The molecule has 0 N–H and O–H groups in total. The molecular weight excluding hydrogens is 414 g/mol. The quantitative estimate of drug-likeness (QED) is 0.655. The number of hydrogen-bond acceptors (Lipinski definition) is 3. The van der Waals surface area contributed by atoms with Crippen LogP contribution in [0.2, 0.25) is 10.0 Å². The van der Waals surface area contributed by atoms with Crippen molar-refractivity contribution in [3.8, 4) is 5.75 Å². The zero-order valence-electron chi connectivity index (χ0n) is 13.6. The molecule has 0 atom stereocenters. The number of benzene rings is 2. The van der Waals surface area contributed by atoms with Gasteiger partial charge in [-0.3, -0.25) is 4.31 Å². The third kappa shape index (κ3) is 4.02. The van der Waals surface area contributed by atoms with Gasteiger partial charge >= 0.3 is 6.18 Å². The Morgan fingerprint density at radius 2 is 1.73 bits per heavy atom. The van der Waals surface area contributed by atoms with Crippen LogP contribution >= 0.6 is 23.2 Å². The highest BCUT2D eigenvalue weighted by Crippen LogP contribution is 2.38. The first-order valence-electron chi connectivity index (χ1n) is 7.25. The van der Waals surface area contributed by atoms with Crippen molar-refractivity contribution in [2.24, 2.45) is 0 Å². The highest BCUT2D eigenvalue weighted by molar-refractivity contribution is 7.92. The van der Waals surface area contributed by atoms with Crippen molar-refractivity contribution in [2.45, 2.75) is 18.0 Å². The van der Waals surface area contributed by atoms with Gasteiger partial charge in [-0.05, 0) is 43.3 Å². The van der Waals surface area contributed by atoms with Crippen LogP contribution in [0.3, 0.4) is 0 Å². The van der Waals surface area contributed by atoms with Gasteiger partial charge in [0.25, 0.3) is 10.0 Å². The summed E-state index contributed by atoms with van der Waals surface area (Å²) >= 11 is 11.9. The lowest BCUT2D eigenvalue weighted by Gasteiger charge is -2.25. The first-order valence-corrected chi connectivity index (χ1v) is 9.45. The molecule has 4 nitrogen and oxygen atoms in total. The molecule has 0 saturated carbocycles. The van der Waals surface area contributed by atoms with Gasteiger partial charge in [0, 0.05) is 6.54 Å². The summed E-state index contributed by atoms with van der Waals surface area (Å²) in [7, 11) is -2.82. The zero-order valence-corrected chi connectivity index (χ0v) is 16.0. The number of ether oxygens (including phenoxy) is 1. The largest absolute Gasteiger partial charge is 0.495 e. The lowest BCUT2D eigenvalue weighted by molar-refractivity contribution is -0.137. The van der Waals surface area contributed by atoms with E-state index in [2.05, 4.69) is 0 Å². The van der Waals surface area contributed by atoms with Crippen molar-refractivity contribution < 1.29 is 26.3 Å². The average molecular weight is 428 g/mol. The van der Waals surface area contributed by atoms with E-state index in [0.29, 0.717) is 6.07 Å². The predicted octanol–water partition coefficient (Wildman–Crippen LogP) is 5.24. The predicted molar refractivity (Wildman–Crippen MR) is 94.7 cm³/mol. The average Bonchev–Trinajstić information content (AvgIpc) is 2.55. The highest BCUT2D eigenvalue weighted by Gasteiger charge is 2.33. The summed E-state index contributed by atoms with van der Waals surface area (Å²) in [5, 5.41) is -0.0669. The minimum atomic E-state index is -4.63. The molecule has 0 heterocycles. The molecule has 0 radical (unpaired) electrons. The number of alkyl halides is 3. The fourth-order valence-electron chi connectivity index (χ4n) is 2.28. The van der Waals surface area contributed by atoms with Crippen molar-refractivity contribution in [1.29, 1.82) is 0 Å². The second-order valence-corrected chi connectivity index (χ2v) is 7.81. The Morgan fingerprint density at radius 1 is 1.08 bits per heavy atom. The molecule has 0 aromatic heterocycles. The first-order chi connectivity index (χ1) is 12.0. The van der Waals surface area contributed by atoms with Crippen LogP contribution in [0, 0.1) is 0 Å². The van der Waals surface area contributed by atoms with E-state index < -0.39 is 21.8 Å². The molecule has 0 aliphatic rings. The zero-order chi connectivity index (χ0) is 19.7. The number of sulfonamides is 1. The summed E-state index contributed by atoms with van der Waals surface area (Å²) in [4.78, 5) is -0.196. The van der Waals surface area contributed by atoms with Crippen molar-refractivity contribution in [3.63, 3.8) is 0 Å². The Morgan fingerprint density at radius 3 is 2.23 bits per heavy atom. The molecule has 0 fully saturated rings. The number of nitrogens with zero attached hydrogens (tertiary/aromatic N) is 1. The second kappa shape index (κ2) is 7.54. The summed E-state index contributed by atoms with van der Waals surface area (Å²) in [5.74, 6) is 0.269. The number of hydrogen-bond donors (Lipinski definition) is 0. The van der Waals surface area contributed by atoms with E-state index in [9.17, 15) is 21.6 Å². The Balaban J connectivity index is 2.59. The summed E-state index contributed by atoms with van der Waals surface area (Å²) in [5.41, 5.74) is -1.27. The van der Waals surface area contributed by atoms with Gasteiger partial charge in [0.05, 0.1) is 33.3 Å². The molecule has 0 saturated heterocycles. The molecule has 2 rings (SSSR count). The molecule has 2 aromatic carbocycles. The van der Waals surface area contributed by atoms with E-state index in [1.165, 1.54) is 32.2 Å². The molecule has 10 heteroatoms. The number of methoxy groups -OCH3 is 1. The number of anilines is 1. The minimum absolute atomic E-state index is 0.0553. The van der Waals surface area contributed by atoms with E-state index in [4.69, 9.17) is 27.9 Å². The molecular formula is C16H14Cl2F3NO3S. The Kier molecular flexibility index (Phi) is 5.99. The molecule has 0 aliphatic carbocycles. The van der Waals surface area contributed by atoms with Crippen LogP contribution in [-0.4, -0.2) is 22.1 Å². The van der Waals surface area contributed by atoms with E-state index in [-0.39, 0.29) is 32.9 Å². The Hall–Kier alpha value is -1.64. The smallest absolute Gasteiger partial charge is 0.416 e. The highest BCUT2D eigenvalue weighted by atomic mass is 35.5. The SMILES string of the molecule is CCN(c1cc(C(F)(F)F)ccc1Cl)S(=O)(=O)c1ccc(OC)c(Cl)c1. The van der Waals surface area contributed by atoms with Gasteiger partial charge < -0.3 is 4.74 Å². The monoisotopic (exact) mass is 427 g/mol. The molecule has 26 heavy (non-hydrogen) atoms. The maximum absolute atomic E-state index is 13.0. The van der Waals surface area contributed by atoms with E-state index in [0.717, 1.165) is 16.4 Å². The molecule has 142 valence electrons. The van der Waals surface area contributed by atoms with Gasteiger partial charge in [0.15, 0.2) is 0 Å². The maximum atomic E-state index is 13.0. The number of halogens is 5. The van der Waals surface area contributed by atoms with E-state index in [1.807, 2.05) is 0 Å². The van der Waals surface area contributed by atoms with Crippen LogP contribution < -0.4 is 9.04 Å². The summed E-state index contributed by atoms with van der Waals surface area (Å²) in [6.45, 7) is 1.35. The molecule has 0 aliphatic heterocycles. The fraction of sp³-hybridized carbons (Fsp3) is 0.250. The molecule has 0 spiro atoms. The summed E-state index contributed by atoms with van der Waals surface area (Å²) < 4.78 is 70.5. The van der Waals surface area contributed by atoms with Gasteiger partial charge in [-0.1, -0.05) is 23.2 Å². The topological polar surface area (TPSA) is 46.6 Å². The van der Waals surface area contributed by atoms with Crippen molar-refractivity contribution >= 4 is 38.9 Å². The third-order valence-electron chi connectivity index (χ3n) is 3.54. The Bertz CT molecular complexity index is 917. The van der Waals surface area contributed by atoms with E-state index in [1.54, 1.807) is 0 Å². The Labute approximate surface area is 159 Å². The molecule has 0 bridgehead atoms. The van der Waals surface area contributed by atoms with Crippen LogP contribution in [0.5, 0.6) is 5.75 Å². The molecule has 0 unspecified atom stereocenters. The second-order valence-electron chi connectivity index (χ2n) is 5.13. The summed E-state index contributed by atoms with van der Waals surface area (Å²) in [6.07, 6.45) is -4.63. The lowest BCUT2D eigenvalue weighted by atomic mass is 10.2. The van der Waals surface area contributed by atoms with Gasteiger partial charge in [0.1, 0.15) is 5.75 Å². The summed E-state index contributed by atoms with van der Waals surface area (Å²) in [6, 6.07) is 6.28. The standard InChI is InChI=1S/C16H14Cl2F3NO3S/c1-3-22(14-8-10(16(19,20)21)4-6-12(14)17)26(23,24)11-5-7-15(25-2)13(18)9-11/h4-9H,3H2,1-2H3. The molecule has 0 amide bonds. The third-order valence-corrected chi connectivity index (χ3v) is 6.04. The van der Waals surface area contributed by atoms with Crippen LogP contribution in [0.15, 0.2) is 41.3 Å². The van der Waals surface area contributed by atoms with Gasteiger partial charge in [-0.25, -0.2) is 8.42 Å². The normalized spacial score (nSPS) is 12.1. The van der Waals surface area contributed by atoms with Crippen molar-refractivity contribution in [2.75, 3.05) is 18.0 Å². The lowest BCUT2D eigenvalue weighted by Crippen LogP contribution is -2.31. The van der Waals surface area contributed by atoms with Crippen LogP contribution in [-0.2, 0) is 16.2 Å².